The number of nitrogens with one attached hydrogen (secondary N) is 1. The van der Waals surface area contributed by atoms with Gasteiger partial charge in [0.05, 0.1) is 4.92 Å². The van der Waals surface area contributed by atoms with Gasteiger partial charge in [-0.15, -0.1) is 0 Å². The van der Waals surface area contributed by atoms with Crippen LogP contribution in [0.4, 0.5) is 5.69 Å². The SMILES string of the molecule is CNCCC#Cc1ccc(C)cc1[N+](=O)[O-]. The van der Waals surface area contributed by atoms with E-state index in [9.17, 15) is 10.1 Å². The van der Waals surface area contributed by atoms with Gasteiger partial charge in [0.15, 0.2) is 0 Å². The van der Waals surface area contributed by atoms with E-state index in [1.54, 1.807) is 12.1 Å². The van der Waals surface area contributed by atoms with E-state index in [2.05, 4.69) is 17.2 Å². The third-order valence-electron chi connectivity index (χ3n) is 2.07. The molecule has 1 aromatic rings. The van der Waals surface area contributed by atoms with Gasteiger partial charge in [-0.05, 0) is 25.6 Å². The fourth-order valence-electron chi connectivity index (χ4n) is 1.24. The minimum atomic E-state index is -0.394. The lowest BCUT2D eigenvalue weighted by atomic mass is 10.1. The van der Waals surface area contributed by atoms with Gasteiger partial charge in [-0.25, -0.2) is 0 Å². The molecule has 0 spiro atoms. The highest BCUT2D eigenvalue weighted by atomic mass is 16.6. The summed E-state index contributed by atoms with van der Waals surface area (Å²) >= 11 is 0. The fraction of sp³-hybridized carbons (Fsp3) is 0.333. The molecule has 0 atom stereocenters. The summed E-state index contributed by atoms with van der Waals surface area (Å²) in [6.45, 7) is 2.61. The van der Waals surface area contributed by atoms with Crippen LogP contribution in [-0.4, -0.2) is 18.5 Å². The molecule has 84 valence electrons. The first-order valence-corrected chi connectivity index (χ1v) is 5.03. The first-order chi connectivity index (χ1) is 7.65. The Hall–Kier alpha value is -1.86. The summed E-state index contributed by atoms with van der Waals surface area (Å²) in [6, 6.07) is 5.07. The van der Waals surface area contributed by atoms with Crippen LogP contribution in [0.5, 0.6) is 0 Å². The van der Waals surface area contributed by atoms with Crippen LogP contribution < -0.4 is 5.32 Å². The number of nitrogens with zero attached hydrogens (tertiary/aromatic N) is 1. The smallest absolute Gasteiger partial charge is 0.285 e. The topological polar surface area (TPSA) is 55.2 Å². The minimum absolute atomic E-state index is 0.0805. The highest BCUT2D eigenvalue weighted by molar-refractivity contribution is 5.52. The van der Waals surface area contributed by atoms with E-state index in [0.29, 0.717) is 12.0 Å². The standard InChI is InChI=1S/C12H14N2O2/c1-10-6-7-11(5-3-4-8-13-2)12(9-10)14(15)16/h6-7,9,13H,4,8H2,1-2H3. The third kappa shape index (κ3) is 3.37. The van der Waals surface area contributed by atoms with Crippen LogP contribution in [0, 0.1) is 28.9 Å². The van der Waals surface area contributed by atoms with Crippen LogP contribution in [-0.2, 0) is 0 Å². The summed E-state index contributed by atoms with van der Waals surface area (Å²) in [6.07, 6.45) is 0.682. The Morgan fingerprint density at radius 1 is 1.50 bits per heavy atom. The van der Waals surface area contributed by atoms with Crippen molar-refractivity contribution >= 4 is 5.69 Å². The molecule has 0 aliphatic carbocycles. The van der Waals surface area contributed by atoms with Crippen LogP contribution in [0.15, 0.2) is 18.2 Å². The van der Waals surface area contributed by atoms with Crippen LogP contribution >= 0.6 is 0 Å². The first-order valence-electron chi connectivity index (χ1n) is 5.03. The normalized spacial score (nSPS) is 9.38. The molecule has 0 radical (unpaired) electrons. The van der Waals surface area contributed by atoms with Gasteiger partial charge < -0.3 is 5.32 Å². The quantitative estimate of drug-likeness (QED) is 0.364. The van der Waals surface area contributed by atoms with Crippen LogP contribution in [0.1, 0.15) is 17.5 Å². The average molecular weight is 218 g/mol. The number of nitro benzene ring substituents is 1. The van der Waals surface area contributed by atoms with E-state index in [0.717, 1.165) is 12.1 Å². The molecule has 0 bridgehead atoms. The molecule has 1 aromatic carbocycles. The lowest BCUT2D eigenvalue weighted by Crippen LogP contribution is -2.05. The van der Waals surface area contributed by atoms with Gasteiger partial charge in [0, 0.05) is 19.0 Å². The van der Waals surface area contributed by atoms with Crippen molar-refractivity contribution < 1.29 is 4.92 Å². The number of hydrogen-bond acceptors (Lipinski definition) is 3. The molecule has 0 aromatic heterocycles. The minimum Gasteiger partial charge on any atom is -0.319 e. The van der Waals surface area contributed by atoms with Crippen molar-refractivity contribution in [1.82, 2.24) is 5.32 Å². The second-order valence-electron chi connectivity index (χ2n) is 3.43. The van der Waals surface area contributed by atoms with Gasteiger partial charge in [0.25, 0.3) is 5.69 Å². The zero-order valence-electron chi connectivity index (χ0n) is 9.41. The Kier molecular flexibility index (Phi) is 4.49. The Labute approximate surface area is 94.8 Å². The fourth-order valence-corrected chi connectivity index (χ4v) is 1.24. The van der Waals surface area contributed by atoms with E-state index in [1.807, 2.05) is 20.0 Å². The molecule has 0 aliphatic heterocycles. The van der Waals surface area contributed by atoms with E-state index in [4.69, 9.17) is 0 Å². The predicted octanol–water partition coefficient (Wildman–Crippen LogP) is 1.86. The van der Waals surface area contributed by atoms with Crippen molar-refractivity contribution in [3.8, 4) is 11.8 Å². The molecule has 0 fully saturated rings. The van der Waals surface area contributed by atoms with Crippen molar-refractivity contribution in [2.24, 2.45) is 0 Å². The maximum absolute atomic E-state index is 10.8. The highest BCUT2D eigenvalue weighted by Gasteiger charge is 2.11. The molecule has 4 nitrogen and oxygen atoms in total. The van der Waals surface area contributed by atoms with Gasteiger partial charge in [-0.1, -0.05) is 17.9 Å². The molecule has 16 heavy (non-hydrogen) atoms. The van der Waals surface area contributed by atoms with E-state index in [-0.39, 0.29) is 5.69 Å². The first kappa shape index (κ1) is 12.2. The second kappa shape index (κ2) is 5.89. The third-order valence-corrected chi connectivity index (χ3v) is 2.07. The monoisotopic (exact) mass is 218 g/mol. The van der Waals surface area contributed by atoms with Crippen molar-refractivity contribution in [1.29, 1.82) is 0 Å². The van der Waals surface area contributed by atoms with Crippen molar-refractivity contribution in [2.45, 2.75) is 13.3 Å². The summed E-state index contributed by atoms with van der Waals surface area (Å²) in [4.78, 5) is 10.4. The average Bonchev–Trinajstić information content (AvgIpc) is 2.26. The largest absolute Gasteiger partial charge is 0.319 e. The highest BCUT2D eigenvalue weighted by Crippen LogP contribution is 2.18. The van der Waals surface area contributed by atoms with Crippen LogP contribution in [0.2, 0.25) is 0 Å². The lowest BCUT2D eigenvalue weighted by Gasteiger charge is -1.97. The number of hydrogen-bond donors (Lipinski definition) is 1. The van der Waals surface area contributed by atoms with Crippen molar-refractivity contribution in [2.75, 3.05) is 13.6 Å². The van der Waals surface area contributed by atoms with Crippen LogP contribution in [0.25, 0.3) is 0 Å². The number of nitro groups is 1. The summed E-state index contributed by atoms with van der Waals surface area (Å²) in [5.74, 6) is 5.73. The number of benzene rings is 1. The molecular formula is C12H14N2O2. The summed E-state index contributed by atoms with van der Waals surface area (Å²) < 4.78 is 0. The Bertz CT molecular complexity index is 444. The number of rotatable bonds is 3. The zero-order chi connectivity index (χ0) is 12.0. The maximum atomic E-state index is 10.8. The van der Waals surface area contributed by atoms with E-state index < -0.39 is 4.92 Å². The van der Waals surface area contributed by atoms with E-state index >= 15 is 0 Å². The maximum Gasteiger partial charge on any atom is 0.285 e. The summed E-state index contributed by atoms with van der Waals surface area (Å²) in [5, 5.41) is 13.8. The molecule has 0 saturated heterocycles. The Balaban J connectivity index is 2.93. The summed E-state index contributed by atoms with van der Waals surface area (Å²) in [7, 11) is 1.84. The molecule has 0 unspecified atom stereocenters. The Morgan fingerprint density at radius 2 is 2.25 bits per heavy atom. The van der Waals surface area contributed by atoms with Gasteiger partial charge in [-0.3, -0.25) is 10.1 Å². The predicted molar refractivity (Wildman–Crippen MR) is 63.3 cm³/mol. The molecule has 0 saturated carbocycles. The second-order valence-corrected chi connectivity index (χ2v) is 3.43. The zero-order valence-corrected chi connectivity index (χ0v) is 9.41. The molecule has 4 heteroatoms. The molecule has 1 rings (SSSR count). The Morgan fingerprint density at radius 3 is 2.88 bits per heavy atom. The molecule has 0 amide bonds. The molecule has 1 N–H and O–H groups in total. The molecule has 0 aliphatic rings. The van der Waals surface area contributed by atoms with Crippen molar-refractivity contribution in [3.63, 3.8) is 0 Å². The van der Waals surface area contributed by atoms with Gasteiger partial charge in [-0.2, -0.15) is 0 Å². The van der Waals surface area contributed by atoms with Gasteiger partial charge in [0.1, 0.15) is 5.56 Å². The number of aryl methyl sites for hydroxylation is 1. The molecule has 0 heterocycles. The molecular weight excluding hydrogens is 204 g/mol. The van der Waals surface area contributed by atoms with Crippen molar-refractivity contribution in [3.05, 3.63) is 39.4 Å². The van der Waals surface area contributed by atoms with E-state index in [1.165, 1.54) is 0 Å². The van der Waals surface area contributed by atoms with Gasteiger partial charge >= 0.3 is 0 Å². The summed E-state index contributed by atoms with van der Waals surface area (Å²) in [5.41, 5.74) is 1.43. The lowest BCUT2D eigenvalue weighted by molar-refractivity contribution is -0.385. The van der Waals surface area contributed by atoms with Gasteiger partial charge in [0.2, 0.25) is 0 Å². The van der Waals surface area contributed by atoms with Crippen LogP contribution in [0.3, 0.4) is 0 Å².